The van der Waals surface area contributed by atoms with Gasteiger partial charge in [0, 0.05) is 22.3 Å². The van der Waals surface area contributed by atoms with Gasteiger partial charge in [-0.1, -0.05) is 6.92 Å². The average Bonchev–Trinajstić information content (AvgIpc) is 2.71. The molecule has 92 valence electrons. The molecule has 1 unspecified atom stereocenters. The maximum absolute atomic E-state index is 3.58. The van der Waals surface area contributed by atoms with Crippen molar-refractivity contribution in [3.63, 3.8) is 0 Å². The highest BCUT2D eigenvalue weighted by atomic mass is 32.1. The van der Waals surface area contributed by atoms with Crippen LogP contribution in [0.3, 0.4) is 0 Å². The zero-order valence-electron chi connectivity index (χ0n) is 10.9. The zero-order valence-corrected chi connectivity index (χ0v) is 11.7. The minimum Gasteiger partial charge on any atom is -0.309 e. The smallest absolute Gasteiger partial charge is 0.0302 e. The lowest BCUT2D eigenvalue weighted by Crippen LogP contribution is -2.29. The third-order valence-electron chi connectivity index (χ3n) is 2.70. The molecule has 0 aliphatic carbocycles. The Bertz CT molecular complexity index is 294. The number of nitrogens with one attached hydrogen (secondary N) is 1. The number of hydrogen-bond donors (Lipinski definition) is 1. The monoisotopic (exact) mass is 240 g/mol. The van der Waals surface area contributed by atoms with Crippen molar-refractivity contribution in [1.82, 2.24) is 10.2 Å². The quantitative estimate of drug-likeness (QED) is 0.788. The summed E-state index contributed by atoms with van der Waals surface area (Å²) in [6.45, 7) is 6.64. The molecule has 1 rings (SSSR count). The number of nitrogens with zero attached hydrogens (tertiary/aromatic N) is 1. The first-order chi connectivity index (χ1) is 7.61. The Balaban J connectivity index is 2.23. The summed E-state index contributed by atoms with van der Waals surface area (Å²) >= 11 is 1.93. The number of rotatable bonds is 7. The van der Waals surface area contributed by atoms with E-state index in [0.717, 1.165) is 19.5 Å². The van der Waals surface area contributed by atoms with Gasteiger partial charge in [-0.2, -0.15) is 0 Å². The molecule has 0 bridgehead atoms. The zero-order chi connectivity index (χ0) is 12.0. The van der Waals surface area contributed by atoms with Crippen LogP contribution < -0.4 is 5.32 Å². The summed E-state index contributed by atoms with van der Waals surface area (Å²) in [5, 5.41) is 3.58. The van der Waals surface area contributed by atoms with Crippen LogP contribution in [-0.4, -0.2) is 31.6 Å². The van der Waals surface area contributed by atoms with Crippen molar-refractivity contribution in [2.45, 2.75) is 39.3 Å². The molecule has 0 fully saturated rings. The van der Waals surface area contributed by atoms with E-state index in [1.54, 1.807) is 0 Å². The molecule has 0 saturated heterocycles. The topological polar surface area (TPSA) is 15.3 Å². The van der Waals surface area contributed by atoms with Gasteiger partial charge in [0.15, 0.2) is 0 Å². The Kier molecular flexibility index (Phi) is 6.03. The van der Waals surface area contributed by atoms with Crippen molar-refractivity contribution in [2.75, 3.05) is 20.6 Å². The van der Waals surface area contributed by atoms with Crippen molar-refractivity contribution >= 4 is 11.3 Å². The van der Waals surface area contributed by atoms with Gasteiger partial charge in [0.1, 0.15) is 0 Å². The van der Waals surface area contributed by atoms with Crippen LogP contribution >= 0.6 is 11.3 Å². The molecule has 0 saturated carbocycles. The van der Waals surface area contributed by atoms with Gasteiger partial charge in [-0.15, -0.1) is 11.3 Å². The van der Waals surface area contributed by atoms with Crippen LogP contribution in [0.15, 0.2) is 12.1 Å². The van der Waals surface area contributed by atoms with Crippen molar-refractivity contribution in [1.29, 1.82) is 0 Å². The molecule has 0 aromatic carbocycles. The molecule has 3 heteroatoms. The van der Waals surface area contributed by atoms with Crippen molar-refractivity contribution in [3.8, 4) is 0 Å². The highest BCUT2D eigenvalue weighted by molar-refractivity contribution is 7.11. The van der Waals surface area contributed by atoms with E-state index >= 15 is 0 Å². The van der Waals surface area contributed by atoms with Gasteiger partial charge in [0.2, 0.25) is 0 Å². The fraction of sp³-hybridized carbons (Fsp3) is 0.692. The first-order valence-electron chi connectivity index (χ1n) is 6.07. The summed E-state index contributed by atoms with van der Waals surface area (Å²) in [4.78, 5) is 5.17. The van der Waals surface area contributed by atoms with Crippen LogP contribution in [0.1, 0.15) is 30.0 Å². The van der Waals surface area contributed by atoms with Crippen molar-refractivity contribution in [3.05, 3.63) is 21.9 Å². The lowest BCUT2D eigenvalue weighted by Gasteiger charge is -2.16. The van der Waals surface area contributed by atoms with E-state index in [4.69, 9.17) is 0 Å². The fourth-order valence-corrected chi connectivity index (χ4v) is 2.44. The largest absolute Gasteiger partial charge is 0.309 e. The SMILES string of the molecule is CCc1ccc(CNC(C)CCN(C)C)s1. The molecule has 1 heterocycles. The molecule has 2 nitrogen and oxygen atoms in total. The number of aryl methyl sites for hydroxylation is 1. The van der Waals surface area contributed by atoms with Gasteiger partial charge in [-0.3, -0.25) is 0 Å². The van der Waals surface area contributed by atoms with E-state index in [1.807, 2.05) is 11.3 Å². The van der Waals surface area contributed by atoms with Crippen LogP contribution in [0.2, 0.25) is 0 Å². The molecule has 1 N–H and O–H groups in total. The van der Waals surface area contributed by atoms with Crippen LogP contribution in [0.5, 0.6) is 0 Å². The van der Waals surface area contributed by atoms with Gasteiger partial charge in [-0.05, 0) is 52.5 Å². The normalized spacial score (nSPS) is 13.3. The molecule has 0 radical (unpaired) electrons. The van der Waals surface area contributed by atoms with E-state index in [-0.39, 0.29) is 0 Å². The summed E-state index contributed by atoms with van der Waals surface area (Å²) in [7, 11) is 4.25. The van der Waals surface area contributed by atoms with Crippen LogP contribution in [0.25, 0.3) is 0 Å². The first-order valence-corrected chi connectivity index (χ1v) is 6.89. The minimum atomic E-state index is 0.592. The maximum atomic E-state index is 3.58. The lowest BCUT2D eigenvalue weighted by atomic mass is 10.2. The van der Waals surface area contributed by atoms with Gasteiger partial charge < -0.3 is 10.2 Å². The van der Waals surface area contributed by atoms with E-state index in [2.05, 4.69) is 50.3 Å². The first kappa shape index (κ1) is 13.7. The predicted molar refractivity (Wildman–Crippen MR) is 73.2 cm³/mol. The van der Waals surface area contributed by atoms with Crippen LogP contribution in [0.4, 0.5) is 0 Å². The molecule has 1 aromatic rings. The van der Waals surface area contributed by atoms with Gasteiger partial charge in [-0.25, -0.2) is 0 Å². The lowest BCUT2D eigenvalue weighted by molar-refractivity contribution is 0.366. The molecular formula is C13H24N2S. The molecule has 0 aliphatic rings. The summed E-state index contributed by atoms with van der Waals surface area (Å²) in [6.07, 6.45) is 2.36. The molecule has 0 spiro atoms. The second kappa shape index (κ2) is 7.05. The Morgan fingerprint density at radius 1 is 1.31 bits per heavy atom. The third kappa shape index (κ3) is 5.10. The predicted octanol–water partition coefficient (Wildman–Crippen LogP) is 2.74. The third-order valence-corrected chi connectivity index (χ3v) is 3.93. The summed E-state index contributed by atoms with van der Waals surface area (Å²) in [5.41, 5.74) is 0. The summed E-state index contributed by atoms with van der Waals surface area (Å²) in [6, 6.07) is 5.08. The van der Waals surface area contributed by atoms with E-state index in [1.165, 1.54) is 16.2 Å². The highest BCUT2D eigenvalue weighted by Gasteiger charge is 2.03. The highest BCUT2D eigenvalue weighted by Crippen LogP contribution is 2.16. The number of hydrogen-bond acceptors (Lipinski definition) is 3. The van der Waals surface area contributed by atoms with Gasteiger partial charge >= 0.3 is 0 Å². The molecule has 1 aromatic heterocycles. The molecule has 16 heavy (non-hydrogen) atoms. The van der Waals surface area contributed by atoms with Crippen molar-refractivity contribution in [2.24, 2.45) is 0 Å². The minimum absolute atomic E-state index is 0.592. The Labute approximate surface area is 104 Å². The molecular weight excluding hydrogens is 216 g/mol. The molecule has 0 aliphatic heterocycles. The van der Waals surface area contributed by atoms with E-state index < -0.39 is 0 Å². The Morgan fingerprint density at radius 3 is 2.56 bits per heavy atom. The van der Waals surface area contributed by atoms with Gasteiger partial charge in [0.25, 0.3) is 0 Å². The van der Waals surface area contributed by atoms with E-state index in [0.29, 0.717) is 6.04 Å². The molecule has 0 amide bonds. The summed E-state index contributed by atoms with van der Waals surface area (Å²) < 4.78 is 0. The Hall–Kier alpha value is -0.380. The van der Waals surface area contributed by atoms with Crippen molar-refractivity contribution < 1.29 is 0 Å². The van der Waals surface area contributed by atoms with Crippen LogP contribution in [-0.2, 0) is 13.0 Å². The fourth-order valence-electron chi connectivity index (χ4n) is 1.54. The summed E-state index contributed by atoms with van der Waals surface area (Å²) in [5.74, 6) is 0. The second-order valence-electron chi connectivity index (χ2n) is 4.60. The Morgan fingerprint density at radius 2 is 2.00 bits per heavy atom. The second-order valence-corrected chi connectivity index (χ2v) is 5.85. The maximum Gasteiger partial charge on any atom is 0.0302 e. The number of thiophene rings is 1. The standard InChI is InChI=1S/C13H24N2S/c1-5-12-6-7-13(16-12)10-14-11(2)8-9-15(3)4/h6-7,11,14H,5,8-10H2,1-4H3. The van der Waals surface area contributed by atoms with Crippen LogP contribution in [0, 0.1) is 0 Å². The van der Waals surface area contributed by atoms with E-state index in [9.17, 15) is 0 Å². The molecule has 1 atom stereocenters. The van der Waals surface area contributed by atoms with Gasteiger partial charge in [0.05, 0.1) is 0 Å². The average molecular weight is 240 g/mol.